The van der Waals surface area contributed by atoms with Gasteiger partial charge in [0.05, 0.1) is 16.8 Å². The van der Waals surface area contributed by atoms with Crippen LogP contribution >= 0.6 is 0 Å². The molecular weight excluding hydrogens is 687 g/mol. The van der Waals surface area contributed by atoms with Crippen LogP contribution in [0.5, 0.6) is 0 Å². The van der Waals surface area contributed by atoms with Crippen LogP contribution in [0.3, 0.4) is 0 Å². The highest BCUT2D eigenvalue weighted by Crippen LogP contribution is 2.60. The van der Waals surface area contributed by atoms with E-state index in [1.54, 1.807) is 0 Å². The summed E-state index contributed by atoms with van der Waals surface area (Å²) < 4.78 is 0. The predicted octanol–water partition coefficient (Wildman–Crippen LogP) is 15.0. The first-order valence-corrected chi connectivity index (χ1v) is 20.6. The number of aryl methyl sites for hydroxylation is 1. The second-order valence-electron chi connectivity index (χ2n) is 17.6. The fourth-order valence-corrected chi connectivity index (χ4v) is 10.5. The molecule has 0 fully saturated rings. The lowest BCUT2D eigenvalue weighted by molar-refractivity contribution is 0.332. The minimum atomic E-state index is -0.532. The Kier molecular flexibility index (Phi) is 8.17. The Morgan fingerprint density at radius 2 is 1.04 bits per heavy atom. The van der Waals surface area contributed by atoms with Gasteiger partial charge in [0.25, 0.3) is 0 Å². The molecule has 278 valence electrons. The molecule has 0 aliphatic heterocycles. The molecule has 0 amide bonds. The summed E-state index contributed by atoms with van der Waals surface area (Å²) in [6.45, 7) is 12.2. The van der Waals surface area contributed by atoms with Crippen molar-refractivity contribution in [3.63, 3.8) is 0 Å². The second kappa shape index (κ2) is 13.2. The SMILES string of the molecule is Cc1ccc2c(c1-c1cc3c(cc1N(c1ccccc1)c1cccc4ccccc14)C(c1ccccc1)(c1ccccc1)c1ccccc1-3)C(C)(C)CCC2(C)C. The molecule has 57 heavy (non-hydrogen) atoms. The van der Waals surface area contributed by atoms with E-state index in [-0.39, 0.29) is 10.8 Å². The molecule has 1 heteroatoms. The molecule has 0 unspecified atom stereocenters. The summed E-state index contributed by atoms with van der Waals surface area (Å²) in [4.78, 5) is 2.56. The van der Waals surface area contributed by atoms with Gasteiger partial charge in [-0.15, -0.1) is 0 Å². The minimum absolute atomic E-state index is 0.00471. The lowest BCUT2D eigenvalue weighted by Crippen LogP contribution is -2.34. The van der Waals surface area contributed by atoms with Gasteiger partial charge in [-0.05, 0) is 122 Å². The fraction of sp³-hybridized carbons (Fsp3) is 0.179. The van der Waals surface area contributed by atoms with Gasteiger partial charge in [0, 0.05) is 16.6 Å². The Morgan fingerprint density at radius 1 is 0.439 bits per heavy atom. The number of para-hydroxylation sites is 1. The number of hydrogen-bond acceptors (Lipinski definition) is 1. The molecule has 2 aliphatic rings. The van der Waals surface area contributed by atoms with Crippen LogP contribution in [0.2, 0.25) is 0 Å². The third kappa shape index (κ3) is 5.36. The molecule has 0 saturated carbocycles. The molecule has 2 aliphatic carbocycles. The average Bonchev–Trinajstić information content (AvgIpc) is 3.53. The van der Waals surface area contributed by atoms with Crippen molar-refractivity contribution in [1.29, 1.82) is 0 Å². The zero-order chi connectivity index (χ0) is 38.9. The molecule has 1 nitrogen and oxygen atoms in total. The molecule has 0 spiro atoms. The molecular formula is C56H49N. The predicted molar refractivity (Wildman–Crippen MR) is 241 cm³/mol. The lowest BCUT2D eigenvalue weighted by Gasteiger charge is -2.44. The van der Waals surface area contributed by atoms with E-state index >= 15 is 0 Å². The summed E-state index contributed by atoms with van der Waals surface area (Å²) in [5.41, 5.74) is 17.7. The Labute approximate surface area is 338 Å². The third-order valence-electron chi connectivity index (χ3n) is 13.3. The van der Waals surface area contributed by atoms with Gasteiger partial charge in [0.1, 0.15) is 0 Å². The number of nitrogens with zero attached hydrogens (tertiary/aromatic N) is 1. The number of hydrogen-bond donors (Lipinski definition) is 0. The Balaban J connectivity index is 1.41. The van der Waals surface area contributed by atoms with Crippen LogP contribution in [0, 0.1) is 6.92 Å². The highest BCUT2D eigenvalue weighted by molar-refractivity contribution is 6.03. The minimum Gasteiger partial charge on any atom is -0.309 e. The molecule has 8 aromatic rings. The average molecular weight is 736 g/mol. The Bertz CT molecular complexity index is 2750. The quantitative estimate of drug-likeness (QED) is 0.164. The van der Waals surface area contributed by atoms with Gasteiger partial charge >= 0.3 is 0 Å². The van der Waals surface area contributed by atoms with E-state index < -0.39 is 5.41 Å². The Morgan fingerprint density at radius 3 is 1.75 bits per heavy atom. The highest BCUT2D eigenvalue weighted by atomic mass is 15.1. The van der Waals surface area contributed by atoms with Gasteiger partial charge in [-0.1, -0.05) is 179 Å². The molecule has 0 aromatic heterocycles. The number of benzene rings is 8. The van der Waals surface area contributed by atoms with Crippen LogP contribution in [-0.4, -0.2) is 0 Å². The first-order chi connectivity index (χ1) is 27.7. The molecule has 0 radical (unpaired) electrons. The van der Waals surface area contributed by atoms with Gasteiger partial charge in [-0.25, -0.2) is 0 Å². The zero-order valence-corrected chi connectivity index (χ0v) is 33.7. The Hall–Kier alpha value is -6.18. The van der Waals surface area contributed by atoms with Crippen molar-refractivity contribution in [2.75, 3.05) is 4.90 Å². The molecule has 0 saturated heterocycles. The maximum atomic E-state index is 2.58. The zero-order valence-electron chi connectivity index (χ0n) is 33.7. The molecule has 8 aromatic carbocycles. The van der Waals surface area contributed by atoms with Gasteiger partial charge in [-0.3, -0.25) is 0 Å². The van der Waals surface area contributed by atoms with Gasteiger partial charge < -0.3 is 4.90 Å². The maximum Gasteiger partial charge on any atom is 0.0714 e. The van der Waals surface area contributed by atoms with Gasteiger partial charge in [0.15, 0.2) is 0 Å². The molecule has 0 N–H and O–H groups in total. The summed E-state index contributed by atoms with van der Waals surface area (Å²) in [6, 6.07) is 68.2. The van der Waals surface area contributed by atoms with E-state index in [0.717, 1.165) is 12.1 Å². The summed E-state index contributed by atoms with van der Waals surface area (Å²) >= 11 is 0. The van der Waals surface area contributed by atoms with Gasteiger partial charge in [-0.2, -0.15) is 0 Å². The summed E-state index contributed by atoms with van der Waals surface area (Å²) in [6.07, 6.45) is 2.31. The smallest absolute Gasteiger partial charge is 0.0714 e. The number of fused-ring (bicyclic) bond motifs is 5. The molecule has 0 bridgehead atoms. The van der Waals surface area contributed by atoms with Crippen LogP contribution in [0.25, 0.3) is 33.0 Å². The number of anilines is 3. The van der Waals surface area contributed by atoms with Crippen LogP contribution in [0.15, 0.2) is 182 Å². The van der Waals surface area contributed by atoms with Crippen LogP contribution in [0.4, 0.5) is 17.1 Å². The van der Waals surface area contributed by atoms with E-state index in [4.69, 9.17) is 0 Å². The number of rotatable bonds is 6. The van der Waals surface area contributed by atoms with Crippen molar-refractivity contribution < 1.29 is 0 Å². The summed E-state index contributed by atoms with van der Waals surface area (Å²) in [7, 11) is 0. The van der Waals surface area contributed by atoms with Crippen LogP contribution < -0.4 is 4.90 Å². The normalized spacial score (nSPS) is 15.7. The van der Waals surface area contributed by atoms with E-state index in [9.17, 15) is 0 Å². The van der Waals surface area contributed by atoms with E-state index in [2.05, 4.69) is 222 Å². The van der Waals surface area contributed by atoms with Crippen molar-refractivity contribution in [2.24, 2.45) is 0 Å². The van der Waals surface area contributed by atoms with Crippen LogP contribution in [-0.2, 0) is 16.2 Å². The maximum absolute atomic E-state index is 2.58. The highest BCUT2D eigenvalue weighted by Gasteiger charge is 2.47. The van der Waals surface area contributed by atoms with Crippen molar-refractivity contribution in [1.82, 2.24) is 0 Å². The van der Waals surface area contributed by atoms with E-state index in [1.807, 2.05) is 0 Å². The van der Waals surface area contributed by atoms with Crippen molar-refractivity contribution in [3.05, 3.63) is 221 Å². The molecule has 0 heterocycles. The van der Waals surface area contributed by atoms with Crippen molar-refractivity contribution in [3.8, 4) is 22.3 Å². The summed E-state index contributed by atoms with van der Waals surface area (Å²) in [5.74, 6) is 0. The monoisotopic (exact) mass is 735 g/mol. The molecule has 10 rings (SSSR count). The molecule has 0 atom stereocenters. The van der Waals surface area contributed by atoms with Crippen LogP contribution in [0.1, 0.15) is 79.5 Å². The van der Waals surface area contributed by atoms with E-state index in [0.29, 0.717) is 0 Å². The summed E-state index contributed by atoms with van der Waals surface area (Å²) in [5, 5.41) is 2.45. The second-order valence-corrected chi connectivity index (χ2v) is 17.6. The van der Waals surface area contributed by atoms with Crippen molar-refractivity contribution in [2.45, 2.75) is 63.7 Å². The van der Waals surface area contributed by atoms with E-state index in [1.165, 1.54) is 89.8 Å². The fourth-order valence-electron chi connectivity index (χ4n) is 10.5. The first kappa shape index (κ1) is 35.2. The van der Waals surface area contributed by atoms with Crippen molar-refractivity contribution >= 4 is 27.8 Å². The third-order valence-corrected chi connectivity index (χ3v) is 13.3. The topological polar surface area (TPSA) is 3.24 Å². The van der Waals surface area contributed by atoms with Gasteiger partial charge in [0.2, 0.25) is 0 Å². The lowest BCUT2D eigenvalue weighted by atomic mass is 9.61. The largest absolute Gasteiger partial charge is 0.309 e. The first-order valence-electron chi connectivity index (χ1n) is 20.6. The standard InChI is InChI=1S/C56H49N/c1-38-32-33-48-53(55(4,5)35-34-54(48,2)3)52(38)46-36-45-44-29-17-18-30-47(44)56(40-22-9-6-10-23-40,41-24-11-7-12-25-41)49(45)37-51(46)57(42-26-13-8-14-27-42)50-31-19-21-39-20-15-16-28-43(39)50/h6-33,36-37H,34-35H2,1-5H3.